The molecule has 0 spiro atoms. The molecule has 0 saturated carbocycles. The lowest BCUT2D eigenvalue weighted by atomic mass is 10.2. The summed E-state index contributed by atoms with van der Waals surface area (Å²) in [5, 5.41) is 13.2. The van der Waals surface area contributed by atoms with Gasteiger partial charge in [-0.15, -0.1) is 0 Å². The van der Waals surface area contributed by atoms with Gasteiger partial charge >= 0.3 is 0 Å². The lowest BCUT2D eigenvalue weighted by Gasteiger charge is -2.06. The van der Waals surface area contributed by atoms with Gasteiger partial charge in [0.15, 0.2) is 0 Å². The number of nitrogens with one attached hydrogen (secondary N) is 1. The maximum absolute atomic E-state index is 11.6. The number of hydrogen-bond donors (Lipinski definition) is 2. The number of phenols is 1. The smallest absolute Gasteiger partial charge is 0.255 e. The number of phenolic OH excluding ortho intramolecular Hbond substituents is 1. The van der Waals surface area contributed by atoms with E-state index in [0.29, 0.717) is 12.1 Å². The van der Waals surface area contributed by atoms with Crippen LogP contribution in [0, 0.1) is 0 Å². The van der Waals surface area contributed by atoms with Gasteiger partial charge in [0.2, 0.25) is 0 Å². The number of hydrogen-bond acceptors (Lipinski definition) is 2. The van der Waals surface area contributed by atoms with E-state index in [2.05, 4.69) is 21.2 Å². The maximum atomic E-state index is 11.6. The van der Waals surface area contributed by atoms with Crippen molar-refractivity contribution < 1.29 is 9.90 Å². The first-order valence-electron chi connectivity index (χ1n) is 5.38. The molecule has 16 heavy (non-hydrogen) atoms. The molecular formula is C12H16BrNO2. The van der Waals surface area contributed by atoms with Crippen molar-refractivity contribution in [2.45, 2.75) is 19.3 Å². The summed E-state index contributed by atoms with van der Waals surface area (Å²) in [4.78, 5) is 11.6. The summed E-state index contributed by atoms with van der Waals surface area (Å²) in [5.74, 6) is -0.183. The molecule has 0 aliphatic heterocycles. The lowest BCUT2D eigenvalue weighted by Crippen LogP contribution is -2.24. The monoisotopic (exact) mass is 285 g/mol. The Labute approximate surface area is 104 Å². The van der Waals surface area contributed by atoms with Crippen LogP contribution in [-0.4, -0.2) is 22.9 Å². The van der Waals surface area contributed by atoms with E-state index in [1.54, 1.807) is 18.2 Å². The van der Waals surface area contributed by atoms with Crippen LogP contribution in [-0.2, 0) is 0 Å². The van der Waals surface area contributed by atoms with Crippen LogP contribution in [0.3, 0.4) is 0 Å². The van der Waals surface area contributed by atoms with Gasteiger partial charge in [0.25, 0.3) is 5.91 Å². The average Bonchev–Trinajstić information content (AvgIpc) is 2.29. The fourth-order valence-corrected chi connectivity index (χ4v) is 1.76. The number of halogens is 1. The molecule has 1 rings (SSSR count). The second-order valence-corrected chi connectivity index (χ2v) is 4.32. The van der Waals surface area contributed by atoms with Gasteiger partial charge in [-0.3, -0.25) is 4.79 Å². The van der Waals surface area contributed by atoms with Crippen molar-refractivity contribution >= 4 is 21.8 Å². The summed E-state index contributed by atoms with van der Waals surface area (Å²) in [6.07, 6.45) is 3.17. The van der Waals surface area contributed by atoms with E-state index in [-0.39, 0.29) is 11.7 Å². The van der Waals surface area contributed by atoms with E-state index in [4.69, 9.17) is 0 Å². The number of amides is 1. The van der Waals surface area contributed by atoms with E-state index >= 15 is 0 Å². The van der Waals surface area contributed by atoms with E-state index in [1.807, 2.05) is 0 Å². The molecule has 0 bridgehead atoms. The molecule has 0 saturated heterocycles. The zero-order valence-electron chi connectivity index (χ0n) is 9.08. The van der Waals surface area contributed by atoms with Gasteiger partial charge in [-0.2, -0.15) is 0 Å². The predicted octanol–water partition coefficient (Wildman–Crippen LogP) is 2.69. The number of benzene rings is 1. The van der Waals surface area contributed by atoms with E-state index in [9.17, 15) is 9.90 Å². The van der Waals surface area contributed by atoms with Gasteiger partial charge < -0.3 is 10.4 Å². The molecular weight excluding hydrogens is 270 g/mol. The first-order chi connectivity index (χ1) is 7.75. The zero-order chi connectivity index (χ0) is 11.8. The number of para-hydroxylation sites is 1. The van der Waals surface area contributed by atoms with Crippen LogP contribution in [0.1, 0.15) is 29.6 Å². The minimum atomic E-state index is -0.211. The fourth-order valence-electron chi connectivity index (χ4n) is 1.36. The van der Waals surface area contributed by atoms with Crippen molar-refractivity contribution in [3.63, 3.8) is 0 Å². The van der Waals surface area contributed by atoms with Crippen LogP contribution in [0.5, 0.6) is 5.75 Å². The molecule has 0 atom stereocenters. The molecule has 4 heteroatoms. The van der Waals surface area contributed by atoms with Crippen LogP contribution in [0.15, 0.2) is 24.3 Å². The molecule has 3 nitrogen and oxygen atoms in total. The van der Waals surface area contributed by atoms with Gasteiger partial charge in [0, 0.05) is 11.9 Å². The standard InChI is InChI=1S/C12H16BrNO2/c13-8-4-1-5-9-14-12(16)10-6-2-3-7-11(10)15/h2-3,6-7,15H,1,4-5,8-9H2,(H,14,16). The predicted molar refractivity (Wildman–Crippen MR) is 68.1 cm³/mol. The summed E-state index contributed by atoms with van der Waals surface area (Å²) >= 11 is 3.36. The number of unbranched alkanes of at least 4 members (excludes halogenated alkanes) is 2. The molecule has 1 aromatic carbocycles. The van der Waals surface area contributed by atoms with Crippen LogP contribution >= 0.6 is 15.9 Å². The van der Waals surface area contributed by atoms with Crippen molar-refractivity contribution in [2.24, 2.45) is 0 Å². The molecule has 0 aromatic heterocycles. The third kappa shape index (κ3) is 4.23. The van der Waals surface area contributed by atoms with Crippen LogP contribution in [0.4, 0.5) is 0 Å². The van der Waals surface area contributed by atoms with Crippen molar-refractivity contribution in [2.75, 3.05) is 11.9 Å². The van der Waals surface area contributed by atoms with Crippen LogP contribution in [0.25, 0.3) is 0 Å². The number of carbonyl (C=O) groups is 1. The van der Waals surface area contributed by atoms with Crippen LogP contribution < -0.4 is 5.32 Å². The highest BCUT2D eigenvalue weighted by Crippen LogP contribution is 2.14. The van der Waals surface area contributed by atoms with E-state index in [0.717, 1.165) is 24.6 Å². The molecule has 1 amide bonds. The number of aromatic hydroxyl groups is 1. The average molecular weight is 286 g/mol. The summed E-state index contributed by atoms with van der Waals surface area (Å²) in [7, 11) is 0. The van der Waals surface area contributed by atoms with Gasteiger partial charge in [0.05, 0.1) is 5.56 Å². The molecule has 88 valence electrons. The molecule has 0 aliphatic rings. The molecule has 0 aliphatic carbocycles. The number of alkyl halides is 1. The molecule has 2 N–H and O–H groups in total. The third-order valence-corrected chi connectivity index (χ3v) is 2.81. The van der Waals surface area contributed by atoms with E-state index < -0.39 is 0 Å². The van der Waals surface area contributed by atoms with Gasteiger partial charge in [-0.1, -0.05) is 34.5 Å². The van der Waals surface area contributed by atoms with E-state index in [1.165, 1.54) is 6.07 Å². The summed E-state index contributed by atoms with van der Waals surface area (Å²) in [6.45, 7) is 0.653. The molecule has 0 radical (unpaired) electrons. The third-order valence-electron chi connectivity index (χ3n) is 2.24. The molecule has 0 fully saturated rings. The second-order valence-electron chi connectivity index (χ2n) is 3.52. The minimum absolute atomic E-state index is 0.0282. The van der Waals surface area contributed by atoms with Crippen molar-refractivity contribution in [1.29, 1.82) is 0 Å². The highest BCUT2D eigenvalue weighted by Gasteiger charge is 2.08. The molecule has 0 unspecified atom stereocenters. The Kier molecular flexibility index (Phi) is 5.93. The topological polar surface area (TPSA) is 49.3 Å². The van der Waals surface area contributed by atoms with Crippen molar-refractivity contribution in [1.82, 2.24) is 5.32 Å². The first kappa shape index (κ1) is 13.0. The Bertz CT molecular complexity index is 342. The SMILES string of the molecule is O=C(NCCCCCBr)c1ccccc1O. The molecule has 0 heterocycles. The summed E-state index contributed by atoms with van der Waals surface area (Å²) < 4.78 is 0. The van der Waals surface area contributed by atoms with Gasteiger partial charge in [0.1, 0.15) is 5.75 Å². The Morgan fingerprint density at radius 1 is 1.25 bits per heavy atom. The maximum Gasteiger partial charge on any atom is 0.255 e. The minimum Gasteiger partial charge on any atom is -0.507 e. The number of carbonyl (C=O) groups excluding carboxylic acids is 1. The van der Waals surface area contributed by atoms with Gasteiger partial charge in [-0.25, -0.2) is 0 Å². The largest absolute Gasteiger partial charge is 0.507 e. The summed E-state index contributed by atoms with van der Waals surface area (Å²) in [5.41, 5.74) is 0.336. The first-order valence-corrected chi connectivity index (χ1v) is 6.50. The highest BCUT2D eigenvalue weighted by molar-refractivity contribution is 9.09. The van der Waals surface area contributed by atoms with Crippen molar-refractivity contribution in [3.05, 3.63) is 29.8 Å². The Hall–Kier alpha value is -1.03. The number of rotatable bonds is 6. The zero-order valence-corrected chi connectivity index (χ0v) is 10.7. The Morgan fingerprint density at radius 3 is 2.69 bits per heavy atom. The Balaban J connectivity index is 2.33. The van der Waals surface area contributed by atoms with Gasteiger partial charge in [-0.05, 0) is 25.0 Å². The molecule has 1 aromatic rings. The van der Waals surface area contributed by atoms with Crippen molar-refractivity contribution in [3.8, 4) is 5.75 Å². The lowest BCUT2D eigenvalue weighted by molar-refractivity contribution is 0.0950. The normalized spacial score (nSPS) is 10.1. The summed E-state index contributed by atoms with van der Waals surface area (Å²) in [6, 6.07) is 6.56. The Morgan fingerprint density at radius 2 is 2.00 bits per heavy atom. The fraction of sp³-hybridized carbons (Fsp3) is 0.417. The quantitative estimate of drug-likeness (QED) is 0.624. The highest BCUT2D eigenvalue weighted by atomic mass is 79.9. The van der Waals surface area contributed by atoms with Crippen LogP contribution in [0.2, 0.25) is 0 Å². The second kappa shape index (κ2) is 7.28.